The Labute approximate surface area is 118 Å². The summed E-state index contributed by atoms with van der Waals surface area (Å²) in [6, 6.07) is -0.781. The molecule has 0 spiro atoms. The number of nitrogens with zero attached hydrogens (tertiary/aromatic N) is 1. The van der Waals surface area contributed by atoms with Gasteiger partial charge in [-0.1, -0.05) is 6.92 Å². The fourth-order valence-corrected chi connectivity index (χ4v) is 2.03. The number of rotatable bonds is 6. The van der Waals surface area contributed by atoms with Crippen molar-refractivity contribution in [1.82, 2.24) is 15.5 Å². The van der Waals surface area contributed by atoms with E-state index in [0.29, 0.717) is 13.1 Å². The summed E-state index contributed by atoms with van der Waals surface area (Å²) in [4.78, 5) is 36.1. The van der Waals surface area contributed by atoms with Crippen LogP contribution >= 0.6 is 0 Å². The molecule has 0 bridgehead atoms. The second kappa shape index (κ2) is 6.69. The van der Waals surface area contributed by atoms with Crippen molar-refractivity contribution in [3.8, 4) is 0 Å². The van der Waals surface area contributed by atoms with E-state index in [2.05, 4.69) is 10.6 Å². The summed E-state index contributed by atoms with van der Waals surface area (Å²) in [7, 11) is 0. The number of carbonyl (C=O) groups is 3. The van der Waals surface area contributed by atoms with Crippen LogP contribution in [0.4, 0.5) is 0 Å². The number of carboxylic acid groups (broad SMARTS) is 1. The van der Waals surface area contributed by atoms with Gasteiger partial charge in [0.15, 0.2) is 0 Å². The first-order valence-corrected chi connectivity index (χ1v) is 6.79. The summed E-state index contributed by atoms with van der Waals surface area (Å²) in [5, 5.41) is 14.4. The molecule has 114 valence electrons. The van der Waals surface area contributed by atoms with Crippen molar-refractivity contribution in [3.63, 3.8) is 0 Å². The minimum Gasteiger partial charge on any atom is -0.481 e. The van der Waals surface area contributed by atoms with Crippen molar-refractivity contribution >= 4 is 17.8 Å². The number of aliphatic carboxylic acids is 1. The maximum Gasteiger partial charge on any atom is 0.305 e. The highest BCUT2D eigenvalue weighted by atomic mass is 16.4. The molecule has 1 heterocycles. The van der Waals surface area contributed by atoms with Crippen LogP contribution in [0, 0.1) is 0 Å². The zero-order valence-corrected chi connectivity index (χ0v) is 12.2. The fraction of sp³-hybridized carbons (Fsp3) is 0.769. The molecule has 0 radical (unpaired) electrons. The summed E-state index contributed by atoms with van der Waals surface area (Å²) in [5.74, 6) is -1.57. The summed E-state index contributed by atoms with van der Waals surface area (Å²) in [5.41, 5.74) is -0.308. The Kier molecular flexibility index (Phi) is 5.50. The highest BCUT2D eigenvalue weighted by Gasteiger charge is 2.33. The van der Waals surface area contributed by atoms with Gasteiger partial charge >= 0.3 is 5.97 Å². The highest BCUT2D eigenvalue weighted by Crippen LogP contribution is 2.10. The van der Waals surface area contributed by atoms with Crippen molar-refractivity contribution in [3.05, 3.63) is 0 Å². The van der Waals surface area contributed by atoms with E-state index in [1.807, 2.05) is 20.8 Å². The Hall–Kier alpha value is -1.63. The third-order valence-electron chi connectivity index (χ3n) is 3.52. The molecular formula is C13H23N3O4. The number of hydrogen-bond donors (Lipinski definition) is 3. The van der Waals surface area contributed by atoms with E-state index in [0.717, 1.165) is 6.42 Å². The van der Waals surface area contributed by atoms with Gasteiger partial charge in [0.1, 0.15) is 6.04 Å². The molecule has 0 aromatic heterocycles. The van der Waals surface area contributed by atoms with Crippen molar-refractivity contribution in [2.75, 3.05) is 19.6 Å². The van der Waals surface area contributed by atoms with E-state index in [-0.39, 0.29) is 30.3 Å². The van der Waals surface area contributed by atoms with Crippen LogP contribution in [0.3, 0.4) is 0 Å². The normalized spacial score (nSPS) is 20.4. The predicted molar refractivity (Wildman–Crippen MR) is 73.1 cm³/mol. The first kappa shape index (κ1) is 16.4. The molecule has 0 aliphatic carbocycles. The largest absolute Gasteiger partial charge is 0.481 e. The number of hydrogen-bond acceptors (Lipinski definition) is 4. The van der Waals surface area contributed by atoms with Crippen LogP contribution in [0.25, 0.3) is 0 Å². The lowest BCUT2D eigenvalue weighted by atomic mass is 10.0. The van der Waals surface area contributed by atoms with Gasteiger partial charge in [0.05, 0.1) is 13.0 Å². The predicted octanol–water partition coefficient (Wildman–Crippen LogP) is -0.434. The molecule has 1 aliphatic rings. The Balaban J connectivity index is 2.65. The number of amides is 2. The van der Waals surface area contributed by atoms with Crippen LogP contribution in [0.1, 0.15) is 33.6 Å². The van der Waals surface area contributed by atoms with Crippen molar-refractivity contribution in [2.24, 2.45) is 0 Å². The van der Waals surface area contributed by atoms with Crippen LogP contribution in [-0.2, 0) is 14.4 Å². The molecule has 0 saturated carbocycles. The summed E-state index contributed by atoms with van der Waals surface area (Å²) < 4.78 is 0. The second-order valence-electron chi connectivity index (χ2n) is 5.66. The van der Waals surface area contributed by atoms with Gasteiger partial charge in [-0.3, -0.25) is 19.3 Å². The molecule has 1 saturated heterocycles. The Morgan fingerprint density at radius 2 is 2.15 bits per heavy atom. The zero-order chi connectivity index (χ0) is 15.3. The minimum atomic E-state index is -1.05. The second-order valence-corrected chi connectivity index (χ2v) is 5.66. The molecule has 1 unspecified atom stereocenters. The molecular weight excluding hydrogens is 262 g/mol. The topological polar surface area (TPSA) is 98.7 Å². The van der Waals surface area contributed by atoms with Gasteiger partial charge < -0.3 is 15.7 Å². The van der Waals surface area contributed by atoms with E-state index < -0.39 is 12.0 Å². The van der Waals surface area contributed by atoms with Gasteiger partial charge in [-0.2, -0.15) is 0 Å². The lowest BCUT2D eigenvalue weighted by molar-refractivity contribution is -0.144. The number of carbonyl (C=O) groups excluding carboxylic acids is 2. The molecule has 1 atom stereocenters. The van der Waals surface area contributed by atoms with Crippen LogP contribution in [-0.4, -0.2) is 59.0 Å². The van der Waals surface area contributed by atoms with Crippen molar-refractivity contribution < 1.29 is 19.5 Å². The van der Waals surface area contributed by atoms with Gasteiger partial charge in [0, 0.05) is 18.6 Å². The maximum atomic E-state index is 12.0. The molecule has 7 heteroatoms. The van der Waals surface area contributed by atoms with Crippen molar-refractivity contribution in [1.29, 1.82) is 0 Å². The summed E-state index contributed by atoms with van der Waals surface area (Å²) in [6.07, 6.45) is 0.494. The van der Waals surface area contributed by atoms with Gasteiger partial charge in [-0.05, 0) is 20.3 Å². The standard InChI is InChI=1S/C13H23N3O4/c1-4-13(2,3)15-10(17)8-16-6-5-14-12(20)9(16)7-11(18)19/h9H,4-8H2,1-3H3,(H,14,20)(H,15,17)(H,18,19). The molecule has 0 aromatic rings. The number of piperazine rings is 1. The molecule has 1 rings (SSSR count). The van der Waals surface area contributed by atoms with Gasteiger partial charge in [-0.25, -0.2) is 0 Å². The Morgan fingerprint density at radius 1 is 1.50 bits per heavy atom. The van der Waals surface area contributed by atoms with Crippen LogP contribution < -0.4 is 10.6 Å². The first-order valence-electron chi connectivity index (χ1n) is 6.79. The third-order valence-corrected chi connectivity index (χ3v) is 3.52. The number of nitrogens with one attached hydrogen (secondary N) is 2. The fourth-order valence-electron chi connectivity index (χ4n) is 2.03. The Morgan fingerprint density at radius 3 is 2.70 bits per heavy atom. The first-order chi connectivity index (χ1) is 9.25. The average Bonchev–Trinajstić information content (AvgIpc) is 2.32. The molecule has 1 fully saturated rings. The molecule has 3 N–H and O–H groups in total. The minimum absolute atomic E-state index is 0.0365. The van der Waals surface area contributed by atoms with Gasteiger partial charge in [-0.15, -0.1) is 0 Å². The SMILES string of the molecule is CCC(C)(C)NC(=O)CN1CCNC(=O)C1CC(=O)O. The van der Waals surface area contributed by atoms with Crippen LogP contribution in [0.2, 0.25) is 0 Å². The monoisotopic (exact) mass is 285 g/mol. The van der Waals surface area contributed by atoms with Crippen LogP contribution in [0.15, 0.2) is 0 Å². The highest BCUT2D eigenvalue weighted by molar-refractivity contribution is 5.88. The van der Waals surface area contributed by atoms with Crippen LogP contribution in [0.5, 0.6) is 0 Å². The number of carboxylic acids is 1. The van der Waals surface area contributed by atoms with E-state index in [9.17, 15) is 14.4 Å². The van der Waals surface area contributed by atoms with E-state index in [4.69, 9.17) is 5.11 Å². The quantitative estimate of drug-likeness (QED) is 0.615. The lowest BCUT2D eigenvalue weighted by Gasteiger charge is -2.34. The van der Waals surface area contributed by atoms with Crippen molar-refractivity contribution in [2.45, 2.75) is 45.2 Å². The average molecular weight is 285 g/mol. The molecule has 7 nitrogen and oxygen atoms in total. The maximum absolute atomic E-state index is 12.0. The molecule has 2 amide bonds. The van der Waals surface area contributed by atoms with Gasteiger partial charge in [0.25, 0.3) is 0 Å². The van der Waals surface area contributed by atoms with E-state index in [1.54, 1.807) is 4.90 Å². The molecule has 0 aromatic carbocycles. The lowest BCUT2D eigenvalue weighted by Crippen LogP contribution is -2.58. The summed E-state index contributed by atoms with van der Waals surface area (Å²) >= 11 is 0. The van der Waals surface area contributed by atoms with E-state index >= 15 is 0 Å². The Bertz CT molecular complexity index is 395. The van der Waals surface area contributed by atoms with Gasteiger partial charge in [0.2, 0.25) is 11.8 Å². The summed E-state index contributed by atoms with van der Waals surface area (Å²) in [6.45, 7) is 6.75. The third kappa shape index (κ3) is 4.80. The molecule has 1 aliphatic heterocycles. The smallest absolute Gasteiger partial charge is 0.305 e. The zero-order valence-electron chi connectivity index (χ0n) is 12.2. The molecule has 20 heavy (non-hydrogen) atoms. The van der Waals surface area contributed by atoms with E-state index in [1.165, 1.54) is 0 Å².